The quantitative estimate of drug-likeness (QED) is 0.900. The summed E-state index contributed by atoms with van der Waals surface area (Å²) in [6, 6.07) is 5.29. The van der Waals surface area contributed by atoms with Crippen molar-refractivity contribution in [1.82, 2.24) is 4.90 Å². The third-order valence-electron chi connectivity index (χ3n) is 3.95. The molecule has 0 unspecified atom stereocenters. The second-order valence-corrected chi connectivity index (χ2v) is 7.14. The summed E-state index contributed by atoms with van der Waals surface area (Å²) < 4.78 is 0. The molecule has 0 amide bonds. The Morgan fingerprint density at radius 3 is 2.45 bits per heavy atom. The molecule has 1 heterocycles. The first-order chi connectivity index (χ1) is 9.20. The molecule has 1 aliphatic heterocycles. The molecule has 0 aromatic heterocycles. The Bertz CT molecular complexity index is 525. The molecule has 1 saturated heterocycles. The number of aliphatic carboxylic acids is 1. The molecular weight excluding hydrogens is 297 g/mol. The van der Waals surface area contributed by atoms with Crippen LogP contribution in [0.25, 0.3) is 0 Å². The fourth-order valence-electron chi connectivity index (χ4n) is 2.72. The molecule has 1 aliphatic rings. The first kappa shape index (κ1) is 15.6. The van der Waals surface area contributed by atoms with E-state index in [1.54, 1.807) is 12.1 Å². The summed E-state index contributed by atoms with van der Waals surface area (Å²) in [4.78, 5) is 13.7. The van der Waals surface area contributed by atoms with Crippen LogP contribution in [0.1, 0.15) is 32.3 Å². The Morgan fingerprint density at radius 2 is 1.95 bits per heavy atom. The maximum absolute atomic E-state index is 11.5. The van der Waals surface area contributed by atoms with Gasteiger partial charge in [0.2, 0.25) is 0 Å². The lowest BCUT2D eigenvalue weighted by Crippen LogP contribution is -2.40. The Balaban J connectivity index is 2.35. The van der Waals surface area contributed by atoms with Gasteiger partial charge in [0, 0.05) is 34.6 Å². The van der Waals surface area contributed by atoms with Crippen molar-refractivity contribution in [1.29, 1.82) is 0 Å². The predicted octanol–water partition coefficient (Wildman–Crippen LogP) is 3.89. The highest BCUT2D eigenvalue weighted by Crippen LogP contribution is 2.39. The minimum Gasteiger partial charge on any atom is -0.481 e. The van der Waals surface area contributed by atoms with Crippen LogP contribution < -0.4 is 0 Å². The number of carbonyl (C=O) groups is 1. The van der Waals surface area contributed by atoms with Crippen LogP contribution in [0.5, 0.6) is 0 Å². The maximum atomic E-state index is 11.5. The van der Waals surface area contributed by atoms with Crippen LogP contribution in [-0.2, 0) is 4.79 Å². The maximum Gasteiger partial charge on any atom is 0.308 e. The molecule has 0 bridgehead atoms. The monoisotopic (exact) mass is 315 g/mol. The van der Waals surface area contributed by atoms with Crippen molar-refractivity contribution in [3.63, 3.8) is 0 Å². The Labute approximate surface area is 129 Å². The first-order valence-corrected chi connectivity index (χ1v) is 7.38. The minimum absolute atomic E-state index is 0.0542. The normalized spacial score (nSPS) is 24.1. The fraction of sp³-hybridized carbons (Fsp3) is 0.533. The number of carboxylic acids is 1. The minimum atomic E-state index is -0.771. The smallest absolute Gasteiger partial charge is 0.308 e. The van der Waals surface area contributed by atoms with Gasteiger partial charge in [0.15, 0.2) is 0 Å². The molecule has 0 aliphatic carbocycles. The van der Waals surface area contributed by atoms with E-state index in [9.17, 15) is 9.90 Å². The van der Waals surface area contributed by atoms with E-state index in [4.69, 9.17) is 23.2 Å². The molecule has 0 saturated carbocycles. The zero-order valence-corrected chi connectivity index (χ0v) is 13.4. The van der Waals surface area contributed by atoms with E-state index in [0.717, 1.165) is 5.56 Å². The van der Waals surface area contributed by atoms with E-state index in [-0.39, 0.29) is 11.5 Å². The van der Waals surface area contributed by atoms with Crippen LogP contribution in [0.3, 0.4) is 0 Å². The van der Waals surface area contributed by atoms with Gasteiger partial charge in [-0.15, -0.1) is 0 Å². The van der Waals surface area contributed by atoms with Gasteiger partial charge in [0.1, 0.15) is 0 Å². The topological polar surface area (TPSA) is 40.5 Å². The second-order valence-electron chi connectivity index (χ2n) is 6.29. The summed E-state index contributed by atoms with van der Waals surface area (Å²) >= 11 is 12.2. The third-order valence-corrected chi connectivity index (χ3v) is 4.51. The highest BCUT2D eigenvalue weighted by molar-refractivity contribution is 6.35. The van der Waals surface area contributed by atoms with Crippen molar-refractivity contribution in [3.05, 3.63) is 33.8 Å². The summed E-state index contributed by atoms with van der Waals surface area (Å²) in [6.45, 7) is 7.53. The predicted molar refractivity (Wildman–Crippen MR) is 81.7 cm³/mol. The van der Waals surface area contributed by atoms with Crippen molar-refractivity contribution in [2.75, 3.05) is 13.1 Å². The number of likely N-dealkylation sites (tertiary alicyclic amines) is 1. The van der Waals surface area contributed by atoms with Crippen molar-refractivity contribution >= 4 is 29.2 Å². The largest absolute Gasteiger partial charge is 0.481 e. The van der Waals surface area contributed by atoms with E-state index >= 15 is 0 Å². The molecule has 1 aromatic rings. The highest BCUT2D eigenvalue weighted by atomic mass is 35.5. The van der Waals surface area contributed by atoms with Crippen LogP contribution in [-0.4, -0.2) is 34.6 Å². The summed E-state index contributed by atoms with van der Waals surface area (Å²) in [5.41, 5.74) is 0.816. The second kappa shape index (κ2) is 5.55. The van der Waals surface area contributed by atoms with Crippen LogP contribution in [0, 0.1) is 5.92 Å². The molecule has 1 fully saturated rings. The molecule has 0 radical (unpaired) electrons. The molecule has 0 spiro atoms. The fourth-order valence-corrected chi connectivity index (χ4v) is 3.27. The van der Waals surface area contributed by atoms with E-state index in [1.165, 1.54) is 0 Å². The average Bonchev–Trinajstić information content (AvgIpc) is 2.73. The van der Waals surface area contributed by atoms with Gasteiger partial charge in [0.05, 0.1) is 5.92 Å². The number of rotatable bonds is 2. The lowest BCUT2D eigenvalue weighted by molar-refractivity contribution is -0.141. The third kappa shape index (κ3) is 3.11. The van der Waals surface area contributed by atoms with E-state index < -0.39 is 11.9 Å². The van der Waals surface area contributed by atoms with Crippen LogP contribution >= 0.6 is 23.2 Å². The standard InChI is InChI=1S/C15H19Cl2NO2/c1-15(2,3)18-7-11(12(8-18)14(19)20)10-5-4-9(16)6-13(10)17/h4-6,11-12H,7-8H2,1-3H3,(H,19,20)/t11-,12+/m0/s1. The molecule has 3 nitrogen and oxygen atoms in total. The number of hydrogen-bond donors (Lipinski definition) is 1. The van der Waals surface area contributed by atoms with Gasteiger partial charge in [-0.2, -0.15) is 0 Å². The van der Waals surface area contributed by atoms with Crippen molar-refractivity contribution in [3.8, 4) is 0 Å². The van der Waals surface area contributed by atoms with Gasteiger partial charge in [-0.1, -0.05) is 29.3 Å². The highest BCUT2D eigenvalue weighted by Gasteiger charge is 2.42. The van der Waals surface area contributed by atoms with Crippen LogP contribution in [0.4, 0.5) is 0 Å². The summed E-state index contributed by atoms with van der Waals surface area (Å²) in [6.07, 6.45) is 0. The number of benzene rings is 1. The van der Waals surface area contributed by atoms with Crippen molar-refractivity contribution in [2.45, 2.75) is 32.2 Å². The molecule has 20 heavy (non-hydrogen) atoms. The van der Waals surface area contributed by atoms with Gasteiger partial charge < -0.3 is 5.11 Å². The summed E-state index contributed by atoms with van der Waals surface area (Å²) in [7, 11) is 0. The first-order valence-electron chi connectivity index (χ1n) is 6.63. The van der Waals surface area contributed by atoms with Crippen LogP contribution in [0.2, 0.25) is 10.0 Å². The number of halogens is 2. The summed E-state index contributed by atoms with van der Waals surface area (Å²) in [5, 5.41) is 10.6. The molecule has 2 atom stereocenters. The van der Waals surface area contributed by atoms with E-state index in [2.05, 4.69) is 25.7 Å². The van der Waals surface area contributed by atoms with Gasteiger partial charge in [-0.25, -0.2) is 0 Å². The van der Waals surface area contributed by atoms with Gasteiger partial charge >= 0.3 is 5.97 Å². The van der Waals surface area contributed by atoms with Gasteiger partial charge in [-0.05, 0) is 38.5 Å². The van der Waals surface area contributed by atoms with Crippen molar-refractivity contribution in [2.24, 2.45) is 5.92 Å². The SMILES string of the molecule is CC(C)(C)N1C[C@@H](C(=O)O)[C@H](c2ccc(Cl)cc2Cl)C1. The van der Waals surface area contributed by atoms with Crippen molar-refractivity contribution < 1.29 is 9.90 Å². The molecule has 1 aromatic carbocycles. The summed E-state index contributed by atoms with van der Waals surface area (Å²) in [5.74, 6) is -1.31. The average molecular weight is 316 g/mol. The Hall–Kier alpha value is -0.770. The van der Waals surface area contributed by atoms with Gasteiger partial charge in [0.25, 0.3) is 0 Å². The van der Waals surface area contributed by atoms with Gasteiger partial charge in [-0.3, -0.25) is 9.69 Å². The molecule has 2 rings (SSSR count). The zero-order valence-electron chi connectivity index (χ0n) is 11.9. The number of hydrogen-bond acceptors (Lipinski definition) is 2. The van der Waals surface area contributed by atoms with E-state index in [1.807, 2.05) is 6.07 Å². The molecule has 110 valence electrons. The lowest BCUT2D eigenvalue weighted by atomic mass is 9.89. The number of nitrogens with zero attached hydrogens (tertiary/aromatic N) is 1. The molecular formula is C15H19Cl2NO2. The Morgan fingerprint density at radius 1 is 1.30 bits per heavy atom. The van der Waals surface area contributed by atoms with E-state index in [0.29, 0.717) is 23.1 Å². The lowest BCUT2D eigenvalue weighted by Gasteiger charge is -2.31. The Kier molecular flexibility index (Phi) is 4.33. The zero-order chi connectivity index (χ0) is 15.1. The number of carboxylic acid groups (broad SMARTS) is 1. The molecule has 5 heteroatoms. The molecule has 1 N–H and O–H groups in total. The van der Waals surface area contributed by atoms with Crippen LogP contribution in [0.15, 0.2) is 18.2 Å².